The molecule has 0 aromatic heterocycles. The zero-order chi connectivity index (χ0) is 9.40. The number of allylic oxidation sites excluding steroid dienone is 2. The first kappa shape index (κ1) is 10.7. The van der Waals surface area contributed by atoms with E-state index in [0.717, 1.165) is 12.2 Å². The molecule has 0 saturated carbocycles. The first-order chi connectivity index (χ1) is 5.70. The fraction of sp³-hybridized carbons (Fsp3) is 0.500. The highest BCUT2D eigenvalue weighted by Gasteiger charge is 1.77. The van der Waals surface area contributed by atoms with Gasteiger partial charge in [0, 0.05) is 0 Å². The topological polar surface area (TPSA) is 64.6 Å². The maximum atomic E-state index is 10.6. The van der Waals surface area contributed by atoms with Crippen molar-refractivity contribution in [3.8, 4) is 0 Å². The minimum atomic E-state index is -0.537. The molecule has 0 unspecified atom stereocenters. The second-order valence-corrected chi connectivity index (χ2v) is 1.84. The summed E-state index contributed by atoms with van der Waals surface area (Å²) in [6.07, 6.45) is 2.09. The van der Waals surface area contributed by atoms with Crippen LogP contribution < -0.4 is 10.2 Å². The third-order valence-corrected chi connectivity index (χ3v) is 0.929. The van der Waals surface area contributed by atoms with Crippen LogP contribution >= 0.6 is 0 Å². The predicted octanol–water partition coefficient (Wildman–Crippen LogP) is -0.537. The zero-order valence-corrected chi connectivity index (χ0v) is 7.20. The van der Waals surface area contributed by atoms with Gasteiger partial charge >= 0.3 is 0 Å². The van der Waals surface area contributed by atoms with Crippen molar-refractivity contribution in [3.05, 3.63) is 24.0 Å². The van der Waals surface area contributed by atoms with Gasteiger partial charge < -0.3 is 19.7 Å². The molecule has 70 valence electrons. The molecular formula is C8H12O4-2. The molecule has 0 amide bonds. The highest BCUT2D eigenvalue weighted by molar-refractivity contribution is 5.01. The Labute approximate surface area is 71.7 Å². The molecule has 0 atom stereocenters. The van der Waals surface area contributed by atoms with Crippen molar-refractivity contribution in [1.82, 2.24) is 0 Å². The Morgan fingerprint density at radius 1 is 1.00 bits per heavy atom. The van der Waals surface area contributed by atoms with Gasteiger partial charge in [0.05, 0.1) is 11.9 Å². The van der Waals surface area contributed by atoms with Gasteiger partial charge in [0.25, 0.3) is 0 Å². The molecule has 0 aliphatic heterocycles. The molecule has 0 heterocycles. The summed E-state index contributed by atoms with van der Waals surface area (Å²) in [7, 11) is 0. The quantitative estimate of drug-likeness (QED) is 0.413. The lowest BCUT2D eigenvalue weighted by Crippen LogP contribution is -2.10. The Balaban J connectivity index is 3.89. The van der Waals surface area contributed by atoms with Gasteiger partial charge in [-0.2, -0.15) is 0 Å². The summed E-state index contributed by atoms with van der Waals surface area (Å²) in [6.45, 7) is 3.98. The Morgan fingerprint density at radius 2 is 1.33 bits per heavy atom. The first-order valence-corrected chi connectivity index (χ1v) is 3.72. The lowest BCUT2D eigenvalue weighted by atomic mass is 10.5. The van der Waals surface area contributed by atoms with E-state index in [4.69, 9.17) is 0 Å². The smallest absolute Gasteiger partial charge is 0.0512 e. The minimum Gasteiger partial charge on any atom is -0.614 e. The molecule has 4 nitrogen and oxygen atoms in total. The summed E-state index contributed by atoms with van der Waals surface area (Å²) in [5.41, 5.74) is 0. The van der Waals surface area contributed by atoms with E-state index in [1.54, 1.807) is 13.8 Å². The van der Waals surface area contributed by atoms with Gasteiger partial charge in [-0.15, -0.1) is 0 Å². The molecule has 0 fully saturated rings. The number of hydrogen-bond donors (Lipinski definition) is 0. The monoisotopic (exact) mass is 172 g/mol. The van der Waals surface area contributed by atoms with E-state index < -0.39 is 11.9 Å². The summed E-state index contributed by atoms with van der Waals surface area (Å²) in [5, 5.41) is 21.3. The molecule has 0 saturated heterocycles. The number of rotatable bonds is 5. The summed E-state index contributed by atoms with van der Waals surface area (Å²) in [4.78, 5) is 0. The van der Waals surface area contributed by atoms with Crippen LogP contribution in [0.3, 0.4) is 0 Å². The van der Waals surface area contributed by atoms with Crippen LogP contribution in [0.25, 0.3) is 0 Å². The average Bonchev–Trinajstić information content (AvgIpc) is 2.02. The summed E-state index contributed by atoms with van der Waals surface area (Å²) < 4.78 is 9.07. The summed E-state index contributed by atoms with van der Waals surface area (Å²) in [6, 6.07) is 0. The summed E-state index contributed by atoms with van der Waals surface area (Å²) >= 11 is 0. The largest absolute Gasteiger partial charge is 0.614 e. The molecule has 12 heavy (non-hydrogen) atoms. The van der Waals surface area contributed by atoms with Gasteiger partial charge in [-0.05, 0) is 25.4 Å². The number of hydrogen-bond acceptors (Lipinski definition) is 4. The number of ether oxygens (including phenoxy) is 2. The van der Waals surface area contributed by atoms with Gasteiger partial charge in [0.15, 0.2) is 0 Å². The van der Waals surface area contributed by atoms with E-state index in [1.165, 1.54) is 0 Å². The molecule has 0 aliphatic rings. The molecule has 0 aromatic carbocycles. The van der Waals surface area contributed by atoms with Crippen LogP contribution in [0, 0.1) is 0 Å². The van der Waals surface area contributed by atoms with Gasteiger partial charge in [-0.1, -0.05) is 13.8 Å². The fourth-order valence-corrected chi connectivity index (χ4v) is 0.517. The molecule has 0 radical (unpaired) electrons. The minimum absolute atomic E-state index is 0.298. The van der Waals surface area contributed by atoms with Gasteiger partial charge in [-0.3, -0.25) is 0 Å². The average molecular weight is 172 g/mol. The predicted molar refractivity (Wildman–Crippen MR) is 39.4 cm³/mol. The molecule has 0 bridgehead atoms. The van der Waals surface area contributed by atoms with Crippen molar-refractivity contribution in [2.24, 2.45) is 0 Å². The Hall–Kier alpha value is -1.32. The van der Waals surface area contributed by atoms with E-state index >= 15 is 0 Å². The van der Waals surface area contributed by atoms with Crippen molar-refractivity contribution in [2.45, 2.75) is 13.8 Å². The molecule has 0 N–H and O–H groups in total. The maximum absolute atomic E-state index is 10.6. The third kappa shape index (κ3) is 5.46. The summed E-state index contributed by atoms with van der Waals surface area (Å²) in [5.74, 6) is -1.07. The highest BCUT2D eigenvalue weighted by atomic mass is 16.6. The SMILES string of the molecule is CCOC([O-])=CC=C([O-])OCC. The molecule has 0 rings (SSSR count). The van der Waals surface area contributed by atoms with Crippen LogP contribution in [0.5, 0.6) is 0 Å². The molecule has 0 spiro atoms. The van der Waals surface area contributed by atoms with E-state index in [1.807, 2.05) is 0 Å². The van der Waals surface area contributed by atoms with E-state index in [-0.39, 0.29) is 0 Å². The van der Waals surface area contributed by atoms with Gasteiger partial charge in [0.1, 0.15) is 0 Å². The Morgan fingerprint density at radius 3 is 1.58 bits per heavy atom. The molecule has 4 heteroatoms. The van der Waals surface area contributed by atoms with Crippen LogP contribution in [-0.4, -0.2) is 13.2 Å². The fourth-order valence-electron chi connectivity index (χ4n) is 0.517. The van der Waals surface area contributed by atoms with Crippen LogP contribution in [0.2, 0.25) is 0 Å². The van der Waals surface area contributed by atoms with Crippen molar-refractivity contribution >= 4 is 0 Å². The highest BCUT2D eigenvalue weighted by Crippen LogP contribution is 1.91. The van der Waals surface area contributed by atoms with Crippen molar-refractivity contribution in [3.63, 3.8) is 0 Å². The standard InChI is InChI=1S/C8H14O4/c1-3-11-7(9)5-6-8(10)12-4-2/h5-6,9-10H,3-4H2,1-2H3/p-2. The normalized spacial score (nSPS) is 12.8. The van der Waals surface area contributed by atoms with Gasteiger partial charge in [0.2, 0.25) is 0 Å². The van der Waals surface area contributed by atoms with Crippen molar-refractivity contribution < 1.29 is 19.7 Å². The second-order valence-electron chi connectivity index (χ2n) is 1.84. The zero-order valence-electron chi connectivity index (χ0n) is 7.20. The third-order valence-electron chi connectivity index (χ3n) is 0.929. The van der Waals surface area contributed by atoms with Crippen molar-refractivity contribution in [2.75, 3.05) is 13.2 Å². The lowest BCUT2D eigenvalue weighted by Gasteiger charge is -2.13. The van der Waals surface area contributed by atoms with Crippen molar-refractivity contribution in [1.29, 1.82) is 0 Å². The first-order valence-electron chi connectivity index (χ1n) is 3.72. The van der Waals surface area contributed by atoms with E-state index in [9.17, 15) is 10.2 Å². The maximum Gasteiger partial charge on any atom is 0.0512 e. The molecule has 0 aliphatic carbocycles. The molecule has 0 aromatic rings. The van der Waals surface area contributed by atoms with E-state index in [0.29, 0.717) is 13.2 Å². The lowest BCUT2D eigenvalue weighted by molar-refractivity contribution is -0.360. The van der Waals surface area contributed by atoms with Crippen LogP contribution in [0.1, 0.15) is 13.8 Å². The van der Waals surface area contributed by atoms with Crippen LogP contribution in [0.15, 0.2) is 24.0 Å². The van der Waals surface area contributed by atoms with Crippen LogP contribution in [-0.2, 0) is 9.47 Å². The second kappa shape index (κ2) is 6.39. The van der Waals surface area contributed by atoms with Crippen LogP contribution in [0.4, 0.5) is 0 Å². The Bertz CT molecular complexity index is 152. The molecular weight excluding hydrogens is 160 g/mol. The van der Waals surface area contributed by atoms with Gasteiger partial charge in [-0.25, -0.2) is 0 Å². The van der Waals surface area contributed by atoms with E-state index in [2.05, 4.69) is 9.47 Å². The Kier molecular flexibility index (Phi) is 5.69.